The van der Waals surface area contributed by atoms with Crippen molar-refractivity contribution in [2.45, 2.75) is 90.8 Å². The summed E-state index contributed by atoms with van der Waals surface area (Å²) in [5.74, 6) is -0.571. The number of ether oxygens (including phenoxy) is 1. The van der Waals surface area contributed by atoms with Gasteiger partial charge in [-0.15, -0.1) is 0 Å². The van der Waals surface area contributed by atoms with Gasteiger partial charge in [-0.25, -0.2) is 4.79 Å². The zero-order valence-electron chi connectivity index (χ0n) is 24.9. The van der Waals surface area contributed by atoms with Gasteiger partial charge >= 0.3 is 6.09 Å². The fraction of sp³-hybridized carbons (Fsp3) is 0.485. The summed E-state index contributed by atoms with van der Waals surface area (Å²) in [5, 5.41) is 5.86. The molecule has 7 heteroatoms. The van der Waals surface area contributed by atoms with Crippen molar-refractivity contribution >= 4 is 24.0 Å². The van der Waals surface area contributed by atoms with Crippen LogP contribution in [0.5, 0.6) is 0 Å². The molecule has 0 fully saturated rings. The first kappa shape index (κ1) is 32.6. The van der Waals surface area contributed by atoms with Crippen molar-refractivity contribution in [2.75, 3.05) is 13.1 Å². The van der Waals surface area contributed by atoms with E-state index in [1.54, 1.807) is 31.7 Å². The Kier molecular flexibility index (Phi) is 13.4. The lowest BCUT2D eigenvalue weighted by atomic mass is 9.98. The lowest BCUT2D eigenvalue weighted by molar-refractivity contribution is -0.142. The number of benzene rings is 2. The molecule has 0 saturated heterocycles. The van der Waals surface area contributed by atoms with E-state index in [0.29, 0.717) is 25.1 Å². The largest absolute Gasteiger partial charge is 0.444 e. The smallest absolute Gasteiger partial charge is 0.408 e. The number of hydrogen-bond acceptors (Lipinski definition) is 4. The van der Waals surface area contributed by atoms with Crippen LogP contribution >= 0.6 is 0 Å². The summed E-state index contributed by atoms with van der Waals surface area (Å²) in [7, 11) is 0. The van der Waals surface area contributed by atoms with Gasteiger partial charge in [0.1, 0.15) is 17.7 Å². The second-order valence-electron chi connectivity index (χ2n) is 11.0. The van der Waals surface area contributed by atoms with E-state index in [9.17, 15) is 14.4 Å². The molecule has 0 aliphatic rings. The zero-order valence-corrected chi connectivity index (χ0v) is 24.9. The highest BCUT2D eigenvalue weighted by Crippen LogP contribution is 2.25. The summed E-state index contributed by atoms with van der Waals surface area (Å²) >= 11 is 0. The summed E-state index contributed by atoms with van der Waals surface area (Å²) in [6, 6.07) is 15.3. The van der Waals surface area contributed by atoms with Crippen LogP contribution in [0.1, 0.15) is 89.5 Å². The van der Waals surface area contributed by atoms with Crippen LogP contribution in [0.3, 0.4) is 0 Å². The first-order chi connectivity index (χ1) is 19.1. The Morgan fingerprint density at radius 2 is 1.68 bits per heavy atom. The molecule has 0 aliphatic heterocycles. The Hall–Kier alpha value is -3.61. The molecule has 2 atom stereocenters. The third kappa shape index (κ3) is 10.9. The van der Waals surface area contributed by atoms with Crippen LogP contribution in [-0.4, -0.2) is 47.5 Å². The molecule has 2 rings (SSSR count). The highest BCUT2D eigenvalue weighted by molar-refractivity contribution is 5.92. The molecule has 40 heavy (non-hydrogen) atoms. The van der Waals surface area contributed by atoms with E-state index >= 15 is 0 Å². The normalized spacial score (nSPS) is 12.6. The molecule has 0 spiro atoms. The van der Waals surface area contributed by atoms with Crippen molar-refractivity contribution in [3.8, 4) is 0 Å². The van der Waals surface area contributed by atoms with E-state index in [0.717, 1.165) is 36.8 Å². The summed E-state index contributed by atoms with van der Waals surface area (Å²) in [6.45, 7) is 14.3. The molecule has 3 amide bonds. The molecular weight excluding hydrogens is 502 g/mol. The van der Waals surface area contributed by atoms with Crippen molar-refractivity contribution in [3.63, 3.8) is 0 Å². The van der Waals surface area contributed by atoms with E-state index in [4.69, 9.17) is 4.74 Å². The Morgan fingerprint density at radius 1 is 0.975 bits per heavy atom. The van der Waals surface area contributed by atoms with Gasteiger partial charge < -0.3 is 20.3 Å². The lowest BCUT2D eigenvalue weighted by Crippen LogP contribution is -2.54. The van der Waals surface area contributed by atoms with Gasteiger partial charge in [-0.3, -0.25) is 9.59 Å². The molecule has 0 saturated carbocycles. The molecule has 0 bridgehead atoms. The first-order valence-electron chi connectivity index (χ1n) is 14.4. The molecule has 2 N–H and O–H groups in total. The standard InChI is InChI=1S/C33H47N3O4/c1-7-10-15-21-34-30(37)29(27-20-16-19-25(9-3)23-27)36(22-11-8-2)31(38)28(24-26-17-13-12-14-18-26)35-32(39)40-33(4,5)6/h9,12-14,16-20,23,28-29H,3,7-8,10-11,15,21-22,24H2,1-2,4-6H3,(H,34,37)(H,35,39). The number of nitrogens with one attached hydrogen (secondary N) is 2. The third-order valence-corrected chi connectivity index (χ3v) is 6.41. The maximum absolute atomic E-state index is 14.4. The lowest BCUT2D eigenvalue weighted by Gasteiger charge is -2.34. The number of rotatable bonds is 15. The van der Waals surface area contributed by atoms with Crippen molar-refractivity contribution < 1.29 is 19.1 Å². The molecule has 0 heterocycles. The minimum absolute atomic E-state index is 0.238. The average Bonchev–Trinajstić information content (AvgIpc) is 2.92. The molecule has 0 radical (unpaired) electrons. The van der Waals surface area contributed by atoms with Gasteiger partial charge in [0.15, 0.2) is 0 Å². The molecule has 7 nitrogen and oxygen atoms in total. The summed E-state index contributed by atoms with van der Waals surface area (Å²) in [6.07, 6.45) is 5.77. The van der Waals surface area contributed by atoms with Crippen molar-refractivity contribution in [2.24, 2.45) is 0 Å². The van der Waals surface area contributed by atoms with Crippen LogP contribution < -0.4 is 10.6 Å². The number of nitrogens with zero attached hydrogens (tertiary/aromatic N) is 1. The third-order valence-electron chi connectivity index (χ3n) is 6.41. The second-order valence-corrected chi connectivity index (χ2v) is 11.0. The van der Waals surface area contributed by atoms with Crippen LogP contribution in [0.4, 0.5) is 4.79 Å². The van der Waals surface area contributed by atoms with Gasteiger partial charge in [0, 0.05) is 19.5 Å². The van der Waals surface area contributed by atoms with Crippen LogP contribution in [0.25, 0.3) is 6.08 Å². The van der Waals surface area contributed by atoms with Gasteiger partial charge in [-0.2, -0.15) is 0 Å². The number of amides is 3. The predicted molar refractivity (Wildman–Crippen MR) is 162 cm³/mol. The minimum atomic E-state index is -0.924. The van der Waals surface area contributed by atoms with Crippen molar-refractivity contribution in [1.29, 1.82) is 0 Å². The molecule has 2 aromatic rings. The first-order valence-corrected chi connectivity index (χ1v) is 14.4. The van der Waals surface area contributed by atoms with Gasteiger partial charge in [-0.05, 0) is 56.4 Å². The van der Waals surface area contributed by atoms with E-state index in [1.165, 1.54) is 0 Å². The minimum Gasteiger partial charge on any atom is -0.444 e. The average molecular weight is 550 g/mol. The zero-order chi connectivity index (χ0) is 29.5. The van der Waals surface area contributed by atoms with Gasteiger partial charge in [0.05, 0.1) is 0 Å². The number of unbranched alkanes of at least 4 members (excludes halogenated alkanes) is 3. The van der Waals surface area contributed by atoms with Gasteiger partial charge in [-0.1, -0.05) is 94.3 Å². The molecule has 0 aromatic heterocycles. The maximum atomic E-state index is 14.4. The molecule has 2 unspecified atom stereocenters. The second kappa shape index (κ2) is 16.5. The van der Waals surface area contributed by atoms with Crippen LogP contribution in [0.2, 0.25) is 0 Å². The summed E-state index contributed by atoms with van der Waals surface area (Å²) in [4.78, 5) is 42.6. The Morgan fingerprint density at radius 3 is 2.30 bits per heavy atom. The van der Waals surface area contributed by atoms with Crippen molar-refractivity contribution in [3.05, 3.63) is 77.9 Å². The summed E-state index contributed by atoms with van der Waals surface area (Å²) < 4.78 is 5.50. The van der Waals surface area contributed by atoms with Crippen LogP contribution in [-0.2, 0) is 20.7 Å². The monoisotopic (exact) mass is 549 g/mol. The van der Waals surface area contributed by atoms with E-state index in [2.05, 4.69) is 24.1 Å². The quantitative estimate of drug-likeness (QED) is 0.250. The highest BCUT2D eigenvalue weighted by atomic mass is 16.6. The van der Waals surface area contributed by atoms with Gasteiger partial charge in [0.2, 0.25) is 11.8 Å². The van der Waals surface area contributed by atoms with E-state index < -0.39 is 23.8 Å². The van der Waals surface area contributed by atoms with Crippen LogP contribution in [0, 0.1) is 0 Å². The Bertz CT molecular complexity index is 1090. The fourth-order valence-corrected chi connectivity index (χ4v) is 4.41. The number of hydrogen-bond donors (Lipinski definition) is 2. The highest BCUT2D eigenvalue weighted by Gasteiger charge is 2.36. The van der Waals surface area contributed by atoms with Gasteiger partial charge in [0.25, 0.3) is 0 Å². The Balaban J connectivity index is 2.52. The number of carbonyl (C=O) groups is 3. The molecule has 0 aliphatic carbocycles. The topological polar surface area (TPSA) is 87.7 Å². The van der Waals surface area contributed by atoms with Crippen molar-refractivity contribution in [1.82, 2.24) is 15.5 Å². The number of alkyl carbamates (subject to hydrolysis) is 1. The molecule has 218 valence electrons. The Labute approximate surface area is 240 Å². The van der Waals surface area contributed by atoms with E-state index in [-0.39, 0.29) is 18.2 Å². The van der Waals surface area contributed by atoms with E-state index in [1.807, 2.05) is 61.5 Å². The van der Waals surface area contributed by atoms with Crippen LogP contribution in [0.15, 0.2) is 61.2 Å². The molecule has 2 aromatic carbocycles. The predicted octanol–water partition coefficient (Wildman–Crippen LogP) is 6.44. The maximum Gasteiger partial charge on any atom is 0.408 e. The SMILES string of the molecule is C=Cc1cccc(C(C(=O)NCCCCC)N(CCCC)C(=O)C(Cc2ccccc2)NC(=O)OC(C)(C)C)c1. The fourth-order valence-electron chi connectivity index (χ4n) is 4.41. The molecular formula is C33H47N3O4. The number of carbonyl (C=O) groups excluding carboxylic acids is 3. The summed E-state index contributed by atoms with van der Waals surface area (Å²) in [5.41, 5.74) is 1.72.